The molecule has 0 aliphatic rings. The Kier molecular flexibility index (Phi) is 13.0. The lowest BCUT2D eigenvalue weighted by atomic mass is 9.94. The quantitative estimate of drug-likeness (QED) is 0.148. The molecule has 0 saturated carbocycles. The highest BCUT2D eigenvalue weighted by molar-refractivity contribution is 5.96. The van der Waals surface area contributed by atoms with Gasteiger partial charge in [0, 0.05) is 24.8 Å². The van der Waals surface area contributed by atoms with E-state index in [-0.39, 0.29) is 24.5 Å². The third-order valence-corrected chi connectivity index (χ3v) is 6.36. The molecule has 0 fully saturated rings. The number of nitrogens with one attached hydrogen (secondary N) is 3. The van der Waals surface area contributed by atoms with Gasteiger partial charge in [0.1, 0.15) is 17.8 Å². The van der Waals surface area contributed by atoms with Gasteiger partial charge in [-0.3, -0.25) is 14.4 Å². The molecule has 0 heterocycles. The van der Waals surface area contributed by atoms with Crippen LogP contribution in [0.15, 0.2) is 54.6 Å². The standard InChI is InChI=1S/C31H41N3O8/c1-5-6-10-17-32-26(35)23(19-21-13-15-22(16-14-21)42-25(28(37)38)29(39)40)33-27(36)24(34-30(41)31(2,3)4)18-20-11-8-7-9-12-20/h7-9,11-16,23-25H,5-6,10,17-19H2,1-4H3,(H,32,35)(H,33,36)(H,34,41)(H,37,38)(H,39,40)/t23-,24-/m0/s1. The molecular formula is C31H41N3O8. The number of hydrogen-bond acceptors (Lipinski definition) is 6. The molecule has 0 bridgehead atoms. The lowest BCUT2D eigenvalue weighted by molar-refractivity contribution is -0.159. The zero-order chi connectivity index (χ0) is 31.3. The predicted octanol–water partition coefficient (Wildman–Crippen LogP) is 2.71. The summed E-state index contributed by atoms with van der Waals surface area (Å²) in [5, 5.41) is 26.6. The molecule has 0 aliphatic carbocycles. The van der Waals surface area contributed by atoms with Gasteiger partial charge in [0.15, 0.2) is 0 Å². The van der Waals surface area contributed by atoms with Crippen molar-refractivity contribution in [2.75, 3.05) is 6.54 Å². The number of unbranched alkanes of at least 4 members (excludes halogenated alkanes) is 2. The summed E-state index contributed by atoms with van der Waals surface area (Å²) < 4.78 is 5.05. The summed E-state index contributed by atoms with van der Waals surface area (Å²) in [6, 6.07) is 13.2. The monoisotopic (exact) mass is 583 g/mol. The first-order chi connectivity index (χ1) is 19.8. The van der Waals surface area contributed by atoms with Crippen LogP contribution < -0.4 is 20.7 Å². The summed E-state index contributed by atoms with van der Waals surface area (Å²) in [5.74, 6) is -4.48. The van der Waals surface area contributed by atoms with Gasteiger partial charge < -0.3 is 30.9 Å². The van der Waals surface area contributed by atoms with E-state index in [1.807, 2.05) is 37.3 Å². The second-order valence-corrected chi connectivity index (χ2v) is 11.0. The fraction of sp³-hybridized carbons (Fsp3) is 0.452. The van der Waals surface area contributed by atoms with Gasteiger partial charge in [0.25, 0.3) is 6.10 Å². The lowest BCUT2D eigenvalue weighted by Crippen LogP contribution is -2.56. The summed E-state index contributed by atoms with van der Waals surface area (Å²) in [6.45, 7) is 7.72. The van der Waals surface area contributed by atoms with Crippen molar-refractivity contribution in [3.8, 4) is 5.75 Å². The molecule has 2 rings (SSSR count). The number of rotatable bonds is 16. The third-order valence-electron chi connectivity index (χ3n) is 6.36. The van der Waals surface area contributed by atoms with Gasteiger partial charge in [-0.15, -0.1) is 0 Å². The highest BCUT2D eigenvalue weighted by Crippen LogP contribution is 2.17. The number of aliphatic carboxylic acids is 2. The Labute approximate surface area is 246 Å². The number of carboxylic acids is 2. The van der Waals surface area contributed by atoms with E-state index in [1.54, 1.807) is 32.9 Å². The second kappa shape index (κ2) is 16.1. The number of benzene rings is 2. The summed E-state index contributed by atoms with van der Waals surface area (Å²) >= 11 is 0. The maximum absolute atomic E-state index is 13.6. The largest absolute Gasteiger partial charge is 0.478 e. The van der Waals surface area contributed by atoms with Gasteiger partial charge in [-0.2, -0.15) is 0 Å². The van der Waals surface area contributed by atoms with Crippen LogP contribution in [0.4, 0.5) is 0 Å². The second-order valence-electron chi connectivity index (χ2n) is 11.0. The molecule has 2 aromatic rings. The van der Waals surface area contributed by atoms with Crippen molar-refractivity contribution in [3.63, 3.8) is 0 Å². The van der Waals surface area contributed by atoms with Gasteiger partial charge in [-0.25, -0.2) is 9.59 Å². The molecule has 5 N–H and O–H groups in total. The Bertz CT molecular complexity index is 1190. The fourth-order valence-corrected chi connectivity index (χ4v) is 3.91. The number of ether oxygens (including phenoxy) is 1. The SMILES string of the molecule is CCCCCNC(=O)[C@H](Cc1ccc(OC(C(=O)O)C(=O)O)cc1)NC(=O)[C@H](Cc1ccccc1)NC(=O)C(C)(C)C. The van der Waals surface area contributed by atoms with E-state index in [0.29, 0.717) is 12.1 Å². The zero-order valence-corrected chi connectivity index (χ0v) is 24.5. The molecule has 0 spiro atoms. The highest BCUT2D eigenvalue weighted by Gasteiger charge is 2.31. The van der Waals surface area contributed by atoms with Gasteiger partial charge >= 0.3 is 11.9 Å². The van der Waals surface area contributed by atoms with Gasteiger partial charge in [-0.1, -0.05) is 83.0 Å². The highest BCUT2D eigenvalue weighted by atomic mass is 16.5. The Balaban J connectivity index is 2.26. The molecule has 228 valence electrons. The molecule has 2 aromatic carbocycles. The van der Waals surface area contributed by atoms with Gasteiger partial charge in [0.05, 0.1) is 0 Å². The van der Waals surface area contributed by atoms with E-state index in [9.17, 15) is 24.0 Å². The predicted molar refractivity (Wildman–Crippen MR) is 156 cm³/mol. The van der Waals surface area contributed by atoms with E-state index in [0.717, 1.165) is 24.8 Å². The summed E-state index contributed by atoms with van der Waals surface area (Å²) in [5.41, 5.74) is 0.705. The Hall–Kier alpha value is -4.41. The number of amides is 3. The van der Waals surface area contributed by atoms with Crippen LogP contribution in [0, 0.1) is 5.41 Å². The molecule has 0 radical (unpaired) electrons. The number of carboxylic acid groups (broad SMARTS) is 2. The summed E-state index contributed by atoms with van der Waals surface area (Å²) in [6.07, 6.45) is 0.926. The number of hydrogen-bond donors (Lipinski definition) is 5. The van der Waals surface area contributed by atoms with Crippen molar-refractivity contribution < 1.29 is 38.9 Å². The third kappa shape index (κ3) is 11.2. The Morgan fingerprint density at radius 1 is 0.762 bits per heavy atom. The molecule has 0 aromatic heterocycles. The molecule has 0 aliphatic heterocycles. The Morgan fingerprint density at radius 3 is 1.83 bits per heavy atom. The van der Waals surface area contributed by atoms with Crippen LogP contribution in [0.5, 0.6) is 5.75 Å². The van der Waals surface area contributed by atoms with Crippen LogP contribution >= 0.6 is 0 Å². The van der Waals surface area contributed by atoms with Crippen molar-refractivity contribution in [1.82, 2.24) is 16.0 Å². The molecule has 0 saturated heterocycles. The zero-order valence-electron chi connectivity index (χ0n) is 24.5. The smallest absolute Gasteiger partial charge is 0.356 e. The minimum absolute atomic E-state index is 0.0194. The van der Waals surface area contributed by atoms with Crippen LogP contribution in [0.2, 0.25) is 0 Å². The molecule has 11 nitrogen and oxygen atoms in total. The normalized spacial score (nSPS) is 12.6. The molecule has 0 unspecified atom stereocenters. The van der Waals surface area contributed by atoms with Crippen LogP contribution in [0.3, 0.4) is 0 Å². The fourth-order valence-electron chi connectivity index (χ4n) is 3.91. The molecule has 3 amide bonds. The van der Waals surface area contributed by atoms with Crippen molar-refractivity contribution in [2.45, 2.75) is 78.0 Å². The van der Waals surface area contributed by atoms with Gasteiger partial charge in [0.2, 0.25) is 17.7 Å². The van der Waals surface area contributed by atoms with Crippen LogP contribution in [0.1, 0.15) is 58.1 Å². The number of carbonyl (C=O) groups is 5. The van der Waals surface area contributed by atoms with Crippen LogP contribution in [0.25, 0.3) is 0 Å². The minimum Gasteiger partial charge on any atom is -0.478 e. The average Bonchev–Trinajstić information content (AvgIpc) is 2.93. The maximum atomic E-state index is 13.6. The van der Waals surface area contributed by atoms with E-state index < -0.39 is 47.4 Å². The van der Waals surface area contributed by atoms with E-state index in [1.165, 1.54) is 12.1 Å². The summed E-state index contributed by atoms with van der Waals surface area (Å²) in [4.78, 5) is 61.9. The summed E-state index contributed by atoms with van der Waals surface area (Å²) in [7, 11) is 0. The van der Waals surface area contributed by atoms with E-state index in [4.69, 9.17) is 14.9 Å². The van der Waals surface area contributed by atoms with Gasteiger partial charge in [-0.05, 0) is 29.7 Å². The van der Waals surface area contributed by atoms with Crippen molar-refractivity contribution in [2.24, 2.45) is 5.41 Å². The van der Waals surface area contributed by atoms with Crippen LogP contribution in [-0.4, -0.2) is 64.6 Å². The first-order valence-electron chi connectivity index (χ1n) is 14.0. The van der Waals surface area contributed by atoms with Crippen molar-refractivity contribution >= 4 is 29.7 Å². The number of carbonyl (C=O) groups excluding carboxylic acids is 3. The first kappa shape index (κ1) is 33.8. The first-order valence-corrected chi connectivity index (χ1v) is 14.0. The van der Waals surface area contributed by atoms with Crippen LogP contribution in [-0.2, 0) is 36.8 Å². The maximum Gasteiger partial charge on any atom is 0.356 e. The lowest BCUT2D eigenvalue weighted by Gasteiger charge is -2.26. The Morgan fingerprint density at radius 2 is 1.31 bits per heavy atom. The average molecular weight is 584 g/mol. The van der Waals surface area contributed by atoms with Crippen molar-refractivity contribution in [1.29, 1.82) is 0 Å². The molecule has 42 heavy (non-hydrogen) atoms. The molecular weight excluding hydrogens is 542 g/mol. The minimum atomic E-state index is -2.07. The molecule has 2 atom stereocenters. The van der Waals surface area contributed by atoms with E-state index >= 15 is 0 Å². The van der Waals surface area contributed by atoms with Crippen molar-refractivity contribution in [3.05, 3.63) is 65.7 Å². The van der Waals surface area contributed by atoms with E-state index in [2.05, 4.69) is 16.0 Å². The topological polar surface area (TPSA) is 171 Å². The molecule has 11 heteroatoms.